The van der Waals surface area contributed by atoms with E-state index in [-0.39, 0.29) is 17.2 Å². The van der Waals surface area contributed by atoms with E-state index in [2.05, 4.69) is 17.8 Å². The predicted molar refractivity (Wildman–Crippen MR) is 113 cm³/mol. The monoisotopic (exact) mass is 410 g/mol. The SMILES string of the molecule is C#CCOc1ccc(/C=C(/C#N)C(=O)Nc2cccc(Cl)c2Cl)cc1CC=C. The molecule has 1 N–H and O–H groups in total. The van der Waals surface area contributed by atoms with Crippen LogP contribution in [0, 0.1) is 23.7 Å². The van der Waals surface area contributed by atoms with Crippen LogP contribution in [0.1, 0.15) is 11.1 Å². The maximum Gasteiger partial charge on any atom is 0.266 e. The summed E-state index contributed by atoms with van der Waals surface area (Å²) in [6.07, 6.45) is 8.98. The number of rotatable bonds is 7. The molecule has 1 amide bonds. The van der Waals surface area contributed by atoms with E-state index in [0.29, 0.717) is 28.4 Å². The number of carbonyl (C=O) groups is 1. The molecule has 0 spiro atoms. The molecule has 0 aromatic heterocycles. The number of carbonyl (C=O) groups excluding carboxylic acids is 1. The molecule has 28 heavy (non-hydrogen) atoms. The molecule has 0 aliphatic carbocycles. The molecular weight excluding hydrogens is 395 g/mol. The summed E-state index contributed by atoms with van der Waals surface area (Å²) in [5.74, 6) is 2.45. The second-order valence-electron chi connectivity index (χ2n) is 5.58. The first-order valence-electron chi connectivity index (χ1n) is 8.17. The fourth-order valence-corrected chi connectivity index (χ4v) is 2.72. The lowest BCUT2D eigenvalue weighted by molar-refractivity contribution is -0.112. The first-order chi connectivity index (χ1) is 13.5. The highest BCUT2D eigenvalue weighted by atomic mass is 35.5. The van der Waals surface area contributed by atoms with E-state index in [0.717, 1.165) is 5.56 Å². The molecule has 0 fully saturated rings. The molecule has 0 unspecified atom stereocenters. The van der Waals surface area contributed by atoms with Gasteiger partial charge in [-0.05, 0) is 47.9 Å². The lowest BCUT2D eigenvalue weighted by Gasteiger charge is -2.10. The summed E-state index contributed by atoms with van der Waals surface area (Å²) in [5, 5.41) is 12.5. The van der Waals surface area contributed by atoms with E-state index in [1.165, 1.54) is 6.08 Å². The van der Waals surface area contributed by atoms with Gasteiger partial charge in [0.15, 0.2) is 0 Å². The second-order valence-corrected chi connectivity index (χ2v) is 6.36. The number of halogens is 2. The van der Waals surface area contributed by atoms with E-state index in [9.17, 15) is 10.1 Å². The summed E-state index contributed by atoms with van der Waals surface area (Å²) in [5.41, 5.74) is 1.74. The van der Waals surface area contributed by atoms with Crippen LogP contribution in [0.15, 0.2) is 54.6 Å². The van der Waals surface area contributed by atoms with Gasteiger partial charge in [-0.15, -0.1) is 13.0 Å². The molecule has 0 heterocycles. The molecule has 0 radical (unpaired) electrons. The lowest BCUT2D eigenvalue weighted by Crippen LogP contribution is -2.13. The minimum absolute atomic E-state index is 0.0853. The van der Waals surface area contributed by atoms with Gasteiger partial charge in [0.05, 0.1) is 15.7 Å². The van der Waals surface area contributed by atoms with Crippen molar-refractivity contribution in [2.45, 2.75) is 6.42 Å². The maximum atomic E-state index is 12.5. The number of allylic oxidation sites excluding steroid dienone is 1. The Balaban J connectivity index is 2.30. The average molecular weight is 411 g/mol. The first-order valence-corrected chi connectivity index (χ1v) is 8.93. The molecule has 0 saturated carbocycles. The van der Waals surface area contributed by atoms with Crippen molar-refractivity contribution in [1.82, 2.24) is 0 Å². The number of amides is 1. The Labute approximate surface area is 174 Å². The third-order valence-corrected chi connectivity index (χ3v) is 4.45. The van der Waals surface area contributed by atoms with Gasteiger partial charge in [-0.1, -0.05) is 47.3 Å². The first kappa shape index (κ1) is 21.1. The Hall–Kier alpha value is -3.18. The number of terminal acetylenes is 1. The molecule has 0 bridgehead atoms. The highest BCUT2D eigenvalue weighted by Gasteiger charge is 2.13. The van der Waals surface area contributed by atoms with Gasteiger partial charge in [0.1, 0.15) is 24.0 Å². The molecule has 140 valence electrons. The highest BCUT2D eigenvalue weighted by molar-refractivity contribution is 6.44. The second kappa shape index (κ2) is 10.2. The Morgan fingerprint density at radius 2 is 2.11 bits per heavy atom. The van der Waals surface area contributed by atoms with Gasteiger partial charge in [0, 0.05) is 0 Å². The summed E-state index contributed by atoms with van der Waals surface area (Å²) < 4.78 is 5.50. The van der Waals surface area contributed by atoms with Crippen molar-refractivity contribution in [2.24, 2.45) is 0 Å². The van der Waals surface area contributed by atoms with Gasteiger partial charge < -0.3 is 10.1 Å². The summed E-state index contributed by atoms with van der Waals surface area (Å²) in [6, 6.07) is 12.0. The van der Waals surface area contributed by atoms with E-state index in [4.69, 9.17) is 34.4 Å². The number of benzene rings is 2. The predicted octanol–water partition coefficient (Wildman–Crippen LogP) is 5.28. The van der Waals surface area contributed by atoms with Crippen LogP contribution < -0.4 is 10.1 Å². The fourth-order valence-electron chi connectivity index (χ4n) is 2.37. The molecule has 6 heteroatoms. The van der Waals surface area contributed by atoms with Crippen molar-refractivity contribution >= 4 is 40.9 Å². The van der Waals surface area contributed by atoms with Gasteiger partial charge in [0.2, 0.25) is 0 Å². The standard InChI is InChI=1S/C22H16Cl2N2O2/c1-3-6-16-12-15(9-10-20(16)28-11-4-2)13-17(14-25)22(27)26-19-8-5-7-18(23)21(19)24/h2-3,5,7-10,12-13H,1,6,11H2,(H,26,27)/b17-13-. The van der Waals surface area contributed by atoms with Crippen LogP contribution in [0.2, 0.25) is 10.0 Å². The number of nitrogens with one attached hydrogen (secondary N) is 1. The van der Waals surface area contributed by atoms with Gasteiger partial charge in [0.25, 0.3) is 5.91 Å². The zero-order valence-electron chi connectivity index (χ0n) is 14.8. The van der Waals surface area contributed by atoms with Crippen LogP contribution in [-0.2, 0) is 11.2 Å². The molecule has 2 aromatic rings. The van der Waals surface area contributed by atoms with Crippen LogP contribution >= 0.6 is 23.2 Å². The minimum atomic E-state index is -0.593. The van der Waals surface area contributed by atoms with E-state index in [1.807, 2.05) is 12.1 Å². The number of hydrogen-bond donors (Lipinski definition) is 1. The van der Waals surface area contributed by atoms with Crippen LogP contribution in [-0.4, -0.2) is 12.5 Å². The Morgan fingerprint density at radius 1 is 1.32 bits per heavy atom. The normalized spacial score (nSPS) is 10.5. The van der Waals surface area contributed by atoms with Gasteiger partial charge in [-0.25, -0.2) is 0 Å². The molecule has 0 saturated heterocycles. The molecular formula is C22H16Cl2N2O2. The molecule has 2 rings (SSSR count). The van der Waals surface area contributed by atoms with Crippen molar-refractivity contribution in [3.63, 3.8) is 0 Å². The summed E-state index contributed by atoms with van der Waals surface area (Å²) >= 11 is 12.0. The summed E-state index contributed by atoms with van der Waals surface area (Å²) in [4.78, 5) is 12.5. The van der Waals surface area contributed by atoms with Crippen molar-refractivity contribution in [3.05, 3.63) is 75.8 Å². The highest BCUT2D eigenvalue weighted by Crippen LogP contribution is 2.30. The van der Waals surface area contributed by atoms with E-state index < -0.39 is 5.91 Å². The third-order valence-electron chi connectivity index (χ3n) is 3.64. The Kier molecular flexibility index (Phi) is 7.72. The summed E-state index contributed by atoms with van der Waals surface area (Å²) in [7, 11) is 0. The molecule has 0 aliphatic heterocycles. The third kappa shape index (κ3) is 5.41. The van der Waals surface area contributed by atoms with Crippen molar-refractivity contribution in [3.8, 4) is 24.2 Å². The van der Waals surface area contributed by atoms with Crippen LogP contribution in [0.3, 0.4) is 0 Å². The molecule has 4 nitrogen and oxygen atoms in total. The quantitative estimate of drug-likeness (QED) is 0.292. The molecule has 0 atom stereocenters. The van der Waals surface area contributed by atoms with Crippen molar-refractivity contribution in [1.29, 1.82) is 5.26 Å². The number of nitriles is 1. The number of anilines is 1. The fraction of sp³-hybridized carbons (Fsp3) is 0.0909. The zero-order chi connectivity index (χ0) is 20.5. The van der Waals surface area contributed by atoms with E-state index in [1.54, 1.807) is 36.4 Å². The van der Waals surface area contributed by atoms with Gasteiger partial charge in [-0.3, -0.25) is 4.79 Å². The van der Waals surface area contributed by atoms with Crippen LogP contribution in [0.5, 0.6) is 5.75 Å². The largest absolute Gasteiger partial charge is 0.481 e. The lowest BCUT2D eigenvalue weighted by atomic mass is 10.0. The number of nitrogens with zero attached hydrogens (tertiary/aromatic N) is 1. The Morgan fingerprint density at radius 3 is 2.79 bits per heavy atom. The van der Waals surface area contributed by atoms with Crippen molar-refractivity contribution < 1.29 is 9.53 Å². The summed E-state index contributed by atoms with van der Waals surface area (Å²) in [6.45, 7) is 3.87. The average Bonchev–Trinajstić information content (AvgIpc) is 2.69. The van der Waals surface area contributed by atoms with Gasteiger partial charge >= 0.3 is 0 Å². The Bertz CT molecular complexity index is 1010. The topological polar surface area (TPSA) is 62.1 Å². The van der Waals surface area contributed by atoms with Gasteiger partial charge in [-0.2, -0.15) is 5.26 Å². The van der Waals surface area contributed by atoms with E-state index >= 15 is 0 Å². The smallest absolute Gasteiger partial charge is 0.266 e. The minimum Gasteiger partial charge on any atom is -0.481 e. The molecule has 2 aromatic carbocycles. The van der Waals surface area contributed by atoms with Crippen LogP contribution in [0.4, 0.5) is 5.69 Å². The molecule has 0 aliphatic rings. The van der Waals surface area contributed by atoms with Crippen LogP contribution in [0.25, 0.3) is 6.08 Å². The van der Waals surface area contributed by atoms with Crippen molar-refractivity contribution in [2.75, 3.05) is 11.9 Å². The number of ether oxygens (including phenoxy) is 1. The maximum absolute atomic E-state index is 12.5. The number of hydrogen-bond acceptors (Lipinski definition) is 3. The zero-order valence-corrected chi connectivity index (χ0v) is 16.3.